The summed E-state index contributed by atoms with van der Waals surface area (Å²) in [6.07, 6.45) is -0.217. The van der Waals surface area contributed by atoms with E-state index in [2.05, 4.69) is 4.90 Å². The first kappa shape index (κ1) is 13.7. The van der Waals surface area contributed by atoms with Crippen molar-refractivity contribution < 1.29 is 9.84 Å². The molecular formula is C12H16Cl2N2O2. The molecule has 0 saturated carbocycles. The molecule has 1 aromatic carbocycles. The van der Waals surface area contributed by atoms with E-state index in [1.165, 1.54) is 0 Å². The highest BCUT2D eigenvalue weighted by Crippen LogP contribution is 2.38. The van der Waals surface area contributed by atoms with Crippen LogP contribution in [0, 0.1) is 0 Å². The van der Waals surface area contributed by atoms with Crippen molar-refractivity contribution in [3.05, 3.63) is 22.2 Å². The lowest BCUT2D eigenvalue weighted by molar-refractivity contribution is -0.0103. The lowest BCUT2D eigenvalue weighted by Crippen LogP contribution is -2.49. The number of ether oxygens (including phenoxy) is 1. The summed E-state index contributed by atoms with van der Waals surface area (Å²) < 4.78 is 5.49. The SMILES string of the molecule is CC1COC(CO)CN1c1c(Cl)cc(N)cc1Cl. The van der Waals surface area contributed by atoms with Gasteiger partial charge in [0, 0.05) is 18.3 Å². The van der Waals surface area contributed by atoms with Gasteiger partial charge in [0.25, 0.3) is 0 Å². The predicted octanol–water partition coefficient (Wildman–Crippen LogP) is 2.16. The van der Waals surface area contributed by atoms with E-state index in [9.17, 15) is 5.11 Å². The highest BCUT2D eigenvalue weighted by atomic mass is 35.5. The van der Waals surface area contributed by atoms with Gasteiger partial charge >= 0.3 is 0 Å². The summed E-state index contributed by atoms with van der Waals surface area (Å²) in [4.78, 5) is 2.05. The molecule has 0 radical (unpaired) electrons. The van der Waals surface area contributed by atoms with E-state index in [1.807, 2.05) is 6.92 Å². The Balaban J connectivity index is 2.34. The van der Waals surface area contributed by atoms with Crippen LogP contribution in [0.3, 0.4) is 0 Å². The third-order valence-corrected chi connectivity index (χ3v) is 3.61. The minimum absolute atomic E-state index is 0.0204. The molecule has 18 heavy (non-hydrogen) atoms. The van der Waals surface area contributed by atoms with Crippen molar-refractivity contribution in [2.24, 2.45) is 0 Å². The fourth-order valence-corrected chi connectivity index (χ4v) is 2.82. The number of anilines is 2. The highest BCUT2D eigenvalue weighted by Gasteiger charge is 2.28. The van der Waals surface area contributed by atoms with E-state index in [4.69, 9.17) is 33.7 Å². The van der Waals surface area contributed by atoms with Crippen LogP contribution in [0.2, 0.25) is 10.0 Å². The van der Waals surface area contributed by atoms with Crippen molar-refractivity contribution in [3.63, 3.8) is 0 Å². The molecule has 0 spiro atoms. The van der Waals surface area contributed by atoms with Crippen LogP contribution in [0.4, 0.5) is 11.4 Å². The van der Waals surface area contributed by atoms with Crippen molar-refractivity contribution in [2.75, 3.05) is 30.4 Å². The van der Waals surface area contributed by atoms with Gasteiger partial charge in [0.05, 0.1) is 35.1 Å². The van der Waals surface area contributed by atoms with Crippen molar-refractivity contribution in [1.29, 1.82) is 0 Å². The van der Waals surface area contributed by atoms with E-state index in [-0.39, 0.29) is 18.8 Å². The monoisotopic (exact) mass is 290 g/mol. The van der Waals surface area contributed by atoms with E-state index in [1.54, 1.807) is 12.1 Å². The largest absolute Gasteiger partial charge is 0.399 e. The second kappa shape index (κ2) is 5.53. The maximum absolute atomic E-state index is 9.19. The Morgan fingerprint density at radius 2 is 2.06 bits per heavy atom. The Kier molecular flexibility index (Phi) is 4.22. The second-order valence-corrected chi connectivity index (χ2v) is 5.29. The molecule has 3 N–H and O–H groups in total. The number of benzene rings is 1. The maximum atomic E-state index is 9.19. The molecule has 1 aliphatic heterocycles. The molecule has 1 fully saturated rings. The Morgan fingerprint density at radius 3 is 2.61 bits per heavy atom. The third-order valence-electron chi connectivity index (χ3n) is 3.04. The molecule has 1 aromatic rings. The number of morpholine rings is 1. The van der Waals surface area contributed by atoms with Gasteiger partial charge in [0.1, 0.15) is 0 Å². The maximum Gasteiger partial charge on any atom is 0.0981 e. The molecule has 1 saturated heterocycles. The number of rotatable bonds is 2. The molecule has 2 atom stereocenters. The molecule has 2 unspecified atom stereocenters. The normalized spacial score (nSPS) is 24.3. The average Bonchev–Trinajstić information content (AvgIpc) is 2.30. The van der Waals surface area contributed by atoms with Gasteiger partial charge in [-0.3, -0.25) is 0 Å². The number of aliphatic hydroxyl groups is 1. The smallest absolute Gasteiger partial charge is 0.0981 e. The molecule has 1 heterocycles. The molecule has 2 rings (SSSR count). The Hall–Kier alpha value is -0.680. The van der Waals surface area contributed by atoms with Gasteiger partial charge in [-0.05, 0) is 19.1 Å². The number of aliphatic hydroxyl groups excluding tert-OH is 1. The van der Waals surface area contributed by atoms with Gasteiger partial charge in [0.2, 0.25) is 0 Å². The van der Waals surface area contributed by atoms with Crippen molar-refractivity contribution in [1.82, 2.24) is 0 Å². The summed E-state index contributed by atoms with van der Waals surface area (Å²) in [5.74, 6) is 0. The lowest BCUT2D eigenvalue weighted by atomic mass is 10.1. The van der Waals surface area contributed by atoms with Crippen molar-refractivity contribution >= 4 is 34.6 Å². The summed E-state index contributed by atoms with van der Waals surface area (Å²) in [5, 5.41) is 10.2. The van der Waals surface area contributed by atoms with Crippen LogP contribution in [0.5, 0.6) is 0 Å². The fourth-order valence-electron chi connectivity index (χ4n) is 2.10. The molecule has 0 bridgehead atoms. The molecule has 1 aliphatic rings. The molecule has 0 aliphatic carbocycles. The van der Waals surface area contributed by atoms with E-state index in [0.29, 0.717) is 28.9 Å². The van der Waals surface area contributed by atoms with Crippen LogP contribution in [0.15, 0.2) is 12.1 Å². The second-order valence-electron chi connectivity index (χ2n) is 4.47. The standard InChI is InChI=1S/C12H16Cl2N2O2/c1-7-6-18-9(5-17)4-16(7)12-10(13)2-8(15)3-11(12)14/h2-3,7,9,17H,4-6,15H2,1H3. The van der Waals surface area contributed by atoms with Crippen molar-refractivity contribution in [3.8, 4) is 0 Å². The summed E-state index contributed by atoms with van der Waals surface area (Å²) in [5.41, 5.74) is 6.98. The van der Waals surface area contributed by atoms with E-state index >= 15 is 0 Å². The summed E-state index contributed by atoms with van der Waals surface area (Å²) in [7, 11) is 0. The lowest BCUT2D eigenvalue weighted by Gasteiger charge is -2.39. The molecule has 0 aromatic heterocycles. The molecular weight excluding hydrogens is 275 g/mol. The third kappa shape index (κ3) is 2.67. The Labute approximate surface area is 116 Å². The topological polar surface area (TPSA) is 58.7 Å². The predicted molar refractivity (Wildman–Crippen MR) is 74.5 cm³/mol. The molecule has 100 valence electrons. The Bertz CT molecular complexity index is 419. The van der Waals surface area contributed by atoms with E-state index < -0.39 is 0 Å². The van der Waals surface area contributed by atoms with Crippen molar-refractivity contribution in [2.45, 2.75) is 19.1 Å². The van der Waals surface area contributed by atoms with Crippen LogP contribution in [0.25, 0.3) is 0 Å². The van der Waals surface area contributed by atoms with Crippen LogP contribution in [-0.4, -0.2) is 37.0 Å². The first-order valence-corrected chi connectivity index (χ1v) is 6.52. The first-order valence-electron chi connectivity index (χ1n) is 5.76. The average molecular weight is 291 g/mol. The van der Waals surface area contributed by atoms with Gasteiger partial charge in [-0.15, -0.1) is 0 Å². The number of nitrogens with two attached hydrogens (primary N) is 1. The molecule has 6 heteroatoms. The van der Waals surface area contributed by atoms with Crippen LogP contribution >= 0.6 is 23.2 Å². The first-order chi connectivity index (χ1) is 8.52. The zero-order valence-electron chi connectivity index (χ0n) is 10.1. The Morgan fingerprint density at radius 1 is 1.44 bits per heavy atom. The van der Waals surface area contributed by atoms with Gasteiger partial charge in [-0.2, -0.15) is 0 Å². The zero-order valence-corrected chi connectivity index (χ0v) is 11.6. The summed E-state index contributed by atoms with van der Waals surface area (Å²) in [6, 6.07) is 3.50. The van der Waals surface area contributed by atoms with Gasteiger partial charge < -0.3 is 20.5 Å². The quantitative estimate of drug-likeness (QED) is 0.820. The molecule has 0 amide bonds. The minimum atomic E-state index is -0.217. The van der Waals surface area contributed by atoms with Crippen LogP contribution in [0.1, 0.15) is 6.92 Å². The summed E-state index contributed by atoms with van der Waals surface area (Å²) >= 11 is 12.4. The van der Waals surface area contributed by atoms with Crippen LogP contribution < -0.4 is 10.6 Å². The van der Waals surface area contributed by atoms with Gasteiger partial charge in [-0.25, -0.2) is 0 Å². The minimum Gasteiger partial charge on any atom is -0.399 e. The summed E-state index contributed by atoms with van der Waals surface area (Å²) in [6.45, 7) is 3.09. The number of nitrogen functional groups attached to an aromatic ring is 1. The number of hydrogen-bond acceptors (Lipinski definition) is 4. The number of halogens is 2. The number of nitrogens with zero attached hydrogens (tertiary/aromatic N) is 1. The van der Waals surface area contributed by atoms with Crippen LogP contribution in [-0.2, 0) is 4.74 Å². The van der Waals surface area contributed by atoms with Gasteiger partial charge in [0.15, 0.2) is 0 Å². The highest BCUT2D eigenvalue weighted by molar-refractivity contribution is 6.39. The zero-order chi connectivity index (χ0) is 13.3. The van der Waals surface area contributed by atoms with E-state index in [0.717, 1.165) is 5.69 Å². The molecule has 4 nitrogen and oxygen atoms in total. The number of hydrogen-bond donors (Lipinski definition) is 2. The van der Waals surface area contributed by atoms with Gasteiger partial charge in [-0.1, -0.05) is 23.2 Å². The fraction of sp³-hybridized carbons (Fsp3) is 0.500.